The van der Waals surface area contributed by atoms with E-state index in [1.807, 2.05) is 28.0 Å². The second kappa shape index (κ2) is 9.19. The van der Waals surface area contributed by atoms with Gasteiger partial charge in [0.2, 0.25) is 11.8 Å². The van der Waals surface area contributed by atoms with Gasteiger partial charge in [0.25, 0.3) is 0 Å². The van der Waals surface area contributed by atoms with Crippen molar-refractivity contribution in [3.05, 3.63) is 64.7 Å². The summed E-state index contributed by atoms with van der Waals surface area (Å²) in [4.78, 5) is 30.3. The predicted octanol–water partition coefficient (Wildman–Crippen LogP) is 4.14. The van der Waals surface area contributed by atoms with Crippen LogP contribution in [-0.4, -0.2) is 47.8 Å². The summed E-state index contributed by atoms with van der Waals surface area (Å²) in [6, 6.07) is 14.8. The lowest BCUT2D eigenvalue weighted by molar-refractivity contribution is -0.139. The lowest BCUT2D eigenvalue weighted by atomic mass is 9.90. The number of benzene rings is 2. The highest BCUT2D eigenvalue weighted by atomic mass is 35.5. The molecule has 2 aromatic rings. The summed E-state index contributed by atoms with van der Waals surface area (Å²) in [5, 5.41) is 3.55. The fourth-order valence-electron chi connectivity index (χ4n) is 4.40. The Morgan fingerprint density at radius 3 is 2.47 bits per heavy atom. The largest absolute Gasteiger partial charge is 0.341 e. The van der Waals surface area contributed by atoms with E-state index in [4.69, 9.17) is 11.6 Å². The molecular formula is C24H28ClN3O2. The zero-order chi connectivity index (χ0) is 21.1. The molecule has 1 fully saturated rings. The van der Waals surface area contributed by atoms with Gasteiger partial charge >= 0.3 is 0 Å². The molecular weight excluding hydrogens is 398 g/mol. The Hall–Kier alpha value is -2.37. The number of piperidine rings is 1. The first-order chi connectivity index (χ1) is 14.5. The van der Waals surface area contributed by atoms with E-state index < -0.39 is 6.04 Å². The van der Waals surface area contributed by atoms with Crippen molar-refractivity contribution >= 4 is 29.1 Å². The standard InChI is InChI=1S/C24H28ClN3O2/c1-17-10-13-27(14-11-17)24(30)23-21-5-3-2-4-18(21)12-15-28(23)16-22(29)26-20-8-6-19(25)7-9-20/h2-9,17,23H,10-16H2,1H3,(H,26,29). The minimum Gasteiger partial charge on any atom is -0.341 e. The van der Waals surface area contributed by atoms with Gasteiger partial charge in [0.1, 0.15) is 6.04 Å². The third kappa shape index (κ3) is 4.68. The molecule has 6 heteroatoms. The van der Waals surface area contributed by atoms with Crippen LogP contribution in [0.2, 0.25) is 5.02 Å². The van der Waals surface area contributed by atoms with Crippen LogP contribution in [0.1, 0.15) is 36.9 Å². The second-order valence-electron chi connectivity index (χ2n) is 8.38. The zero-order valence-corrected chi connectivity index (χ0v) is 18.1. The van der Waals surface area contributed by atoms with Crippen molar-refractivity contribution in [2.45, 2.75) is 32.2 Å². The molecule has 158 valence electrons. The van der Waals surface area contributed by atoms with Gasteiger partial charge in [0.05, 0.1) is 6.54 Å². The highest BCUT2D eigenvalue weighted by molar-refractivity contribution is 6.30. The Labute approximate surface area is 183 Å². The van der Waals surface area contributed by atoms with Crippen molar-refractivity contribution in [2.24, 2.45) is 5.92 Å². The number of hydrogen-bond acceptors (Lipinski definition) is 3. The molecule has 1 atom stereocenters. The third-order valence-corrected chi connectivity index (χ3v) is 6.44. The van der Waals surface area contributed by atoms with E-state index in [0.29, 0.717) is 23.2 Å². The summed E-state index contributed by atoms with van der Waals surface area (Å²) in [5.41, 5.74) is 2.94. The fraction of sp³-hybridized carbons (Fsp3) is 0.417. The normalized spacial score (nSPS) is 19.9. The number of likely N-dealkylation sites (tertiary alicyclic amines) is 1. The van der Waals surface area contributed by atoms with E-state index in [1.165, 1.54) is 5.56 Å². The molecule has 0 bridgehead atoms. The second-order valence-corrected chi connectivity index (χ2v) is 8.82. The van der Waals surface area contributed by atoms with E-state index in [2.05, 4.69) is 18.3 Å². The molecule has 1 saturated heterocycles. The first-order valence-electron chi connectivity index (χ1n) is 10.7. The minimum atomic E-state index is -0.403. The number of nitrogens with one attached hydrogen (secondary N) is 1. The molecule has 0 aliphatic carbocycles. The van der Waals surface area contributed by atoms with Crippen LogP contribution in [0.3, 0.4) is 0 Å². The topological polar surface area (TPSA) is 52.7 Å². The van der Waals surface area contributed by atoms with Gasteiger partial charge in [-0.2, -0.15) is 0 Å². The number of carbonyl (C=O) groups is 2. The lowest BCUT2D eigenvalue weighted by Crippen LogP contribution is -2.50. The maximum atomic E-state index is 13.5. The van der Waals surface area contributed by atoms with E-state index in [9.17, 15) is 9.59 Å². The predicted molar refractivity (Wildman–Crippen MR) is 120 cm³/mol. The van der Waals surface area contributed by atoms with Crippen molar-refractivity contribution < 1.29 is 9.59 Å². The molecule has 1 unspecified atom stereocenters. The Balaban J connectivity index is 1.52. The Morgan fingerprint density at radius 1 is 1.03 bits per heavy atom. The van der Waals surface area contributed by atoms with Crippen molar-refractivity contribution in [3.63, 3.8) is 0 Å². The van der Waals surface area contributed by atoms with Gasteiger partial charge in [-0.3, -0.25) is 14.5 Å². The van der Waals surface area contributed by atoms with Gasteiger partial charge < -0.3 is 10.2 Å². The number of nitrogens with zero attached hydrogens (tertiary/aromatic N) is 2. The van der Waals surface area contributed by atoms with Gasteiger partial charge in [-0.15, -0.1) is 0 Å². The molecule has 2 aliphatic heterocycles. The number of halogens is 1. The first-order valence-corrected chi connectivity index (χ1v) is 11.0. The molecule has 1 N–H and O–H groups in total. The van der Waals surface area contributed by atoms with Crippen molar-refractivity contribution in [1.82, 2.24) is 9.80 Å². The van der Waals surface area contributed by atoms with Crippen LogP contribution in [0.4, 0.5) is 5.69 Å². The van der Waals surface area contributed by atoms with E-state index in [-0.39, 0.29) is 18.4 Å². The molecule has 0 aromatic heterocycles. The van der Waals surface area contributed by atoms with Crippen molar-refractivity contribution in [3.8, 4) is 0 Å². The summed E-state index contributed by atoms with van der Waals surface area (Å²) in [6.07, 6.45) is 2.92. The molecule has 2 aromatic carbocycles. The molecule has 0 spiro atoms. The van der Waals surface area contributed by atoms with Crippen LogP contribution in [-0.2, 0) is 16.0 Å². The first kappa shape index (κ1) is 20.9. The van der Waals surface area contributed by atoms with Crippen LogP contribution in [0.15, 0.2) is 48.5 Å². The van der Waals surface area contributed by atoms with Crippen molar-refractivity contribution in [2.75, 3.05) is 31.5 Å². The van der Waals surface area contributed by atoms with E-state index >= 15 is 0 Å². The number of rotatable bonds is 4. The number of fused-ring (bicyclic) bond motifs is 1. The maximum Gasteiger partial charge on any atom is 0.244 e. The molecule has 2 heterocycles. The smallest absolute Gasteiger partial charge is 0.244 e. The average molecular weight is 426 g/mol. The Morgan fingerprint density at radius 2 is 1.73 bits per heavy atom. The summed E-state index contributed by atoms with van der Waals surface area (Å²) >= 11 is 5.93. The fourth-order valence-corrected chi connectivity index (χ4v) is 4.52. The Kier molecular flexibility index (Phi) is 6.40. The highest BCUT2D eigenvalue weighted by Crippen LogP contribution is 2.32. The lowest BCUT2D eigenvalue weighted by Gasteiger charge is -2.40. The van der Waals surface area contributed by atoms with Crippen LogP contribution < -0.4 is 5.32 Å². The third-order valence-electron chi connectivity index (χ3n) is 6.19. The Bertz CT molecular complexity index is 907. The van der Waals surface area contributed by atoms with E-state index in [1.54, 1.807) is 24.3 Å². The van der Waals surface area contributed by atoms with Crippen LogP contribution in [0.5, 0.6) is 0 Å². The highest BCUT2D eigenvalue weighted by Gasteiger charge is 2.37. The van der Waals surface area contributed by atoms with Gasteiger partial charge in [-0.1, -0.05) is 42.8 Å². The van der Waals surface area contributed by atoms with Crippen LogP contribution in [0.25, 0.3) is 0 Å². The van der Waals surface area contributed by atoms with Gasteiger partial charge in [0, 0.05) is 30.3 Å². The molecule has 0 saturated carbocycles. The van der Waals surface area contributed by atoms with Crippen molar-refractivity contribution in [1.29, 1.82) is 0 Å². The van der Waals surface area contributed by atoms with Crippen LogP contribution in [0, 0.1) is 5.92 Å². The SMILES string of the molecule is CC1CCN(C(=O)C2c3ccccc3CCN2CC(=O)Nc2ccc(Cl)cc2)CC1. The summed E-state index contributed by atoms with van der Waals surface area (Å²) < 4.78 is 0. The summed E-state index contributed by atoms with van der Waals surface area (Å²) in [5.74, 6) is 0.657. The molecule has 2 aliphatic rings. The van der Waals surface area contributed by atoms with Gasteiger partial charge in [-0.05, 0) is 60.6 Å². The quantitative estimate of drug-likeness (QED) is 0.801. The average Bonchev–Trinajstić information content (AvgIpc) is 2.75. The molecule has 2 amide bonds. The molecule has 30 heavy (non-hydrogen) atoms. The minimum absolute atomic E-state index is 0.119. The summed E-state index contributed by atoms with van der Waals surface area (Å²) in [7, 11) is 0. The molecule has 0 radical (unpaired) electrons. The number of amides is 2. The van der Waals surface area contributed by atoms with Crippen LogP contribution >= 0.6 is 11.6 Å². The molecule has 5 nitrogen and oxygen atoms in total. The number of carbonyl (C=O) groups excluding carboxylic acids is 2. The maximum absolute atomic E-state index is 13.5. The molecule has 4 rings (SSSR count). The number of hydrogen-bond donors (Lipinski definition) is 1. The monoisotopic (exact) mass is 425 g/mol. The number of anilines is 1. The van der Waals surface area contributed by atoms with Gasteiger partial charge in [0.15, 0.2) is 0 Å². The van der Waals surface area contributed by atoms with Gasteiger partial charge in [-0.25, -0.2) is 0 Å². The van der Waals surface area contributed by atoms with E-state index in [0.717, 1.165) is 37.9 Å². The summed E-state index contributed by atoms with van der Waals surface area (Å²) in [6.45, 7) is 4.70. The zero-order valence-electron chi connectivity index (χ0n) is 17.3.